The van der Waals surface area contributed by atoms with Gasteiger partial charge < -0.3 is 15.3 Å². The molecule has 1 aliphatic rings. The number of hydrogen-bond acceptors (Lipinski definition) is 3. The van der Waals surface area contributed by atoms with Gasteiger partial charge in [0.15, 0.2) is 0 Å². The first-order chi connectivity index (χ1) is 8.68. The number of carboxylic acid groups (broad SMARTS) is 1. The second-order valence-corrected chi connectivity index (χ2v) is 5.28. The molecule has 0 spiro atoms. The Hall–Kier alpha value is -1.56. The van der Waals surface area contributed by atoms with Crippen LogP contribution in [-0.4, -0.2) is 41.1 Å². The highest BCUT2D eigenvalue weighted by Crippen LogP contribution is 2.17. The van der Waals surface area contributed by atoms with E-state index in [0.29, 0.717) is 19.5 Å². The highest BCUT2D eigenvalue weighted by Gasteiger charge is 2.33. The molecule has 2 N–H and O–H groups in total. The van der Waals surface area contributed by atoms with E-state index in [1.165, 1.54) is 9.78 Å². The van der Waals surface area contributed by atoms with Crippen LogP contribution in [0.4, 0.5) is 4.79 Å². The number of nitrogens with zero attached hydrogens (tertiary/aromatic N) is 1. The molecule has 98 valence electrons. The Morgan fingerprint density at radius 3 is 3.06 bits per heavy atom. The molecular weight excluding hydrogens is 252 g/mol. The number of likely N-dealkylation sites (tertiary alicyclic amines) is 1. The Morgan fingerprint density at radius 1 is 1.56 bits per heavy atom. The summed E-state index contributed by atoms with van der Waals surface area (Å²) < 4.78 is 0. The van der Waals surface area contributed by atoms with E-state index in [0.717, 1.165) is 12.8 Å². The summed E-state index contributed by atoms with van der Waals surface area (Å²) in [5.74, 6) is -0.916. The number of carbonyl (C=O) groups excluding carboxylic acids is 1. The molecule has 2 rings (SSSR count). The fraction of sp³-hybridized carbons (Fsp3) is 0.500. The van der Waals surface area contributed by atoms with E-state index in [1.807, 2.05) is 17.5 Å². The van der Waals surface area contributed by atoms with Crippen LogP contribution in [0.3, 0.4) is 0 Å². The molecule has 0 aromatic carbocycles. The number of carbonyl (C=O) groups is 2. The van der Waals surface area contributed by atoms with Crippen molar-refractivity contribution in [1.82, 2.24) is 10.2 Å². The maximum atomic E-state index is 11.8. The number of rotatable bonds is 4. The molecule has 2 amide bonds. The predicted molar refractivity (Wildman–Crippen MR) is 68.8 cm³/mol. The van der Waals surface area contributed by atoms with Crippen LogP contribution in [0.25, 0.3) is 0 Å². The Kier molecular flexibility index (Phi) is 4.19. The summed E-state index contributed by atoms with van der Waals surface area (Å²) in [5.41, 5.74) is 0. The van der Waals surface area contributed by atoms with Crippen LogP contribution in [0.2, 0.25) is 0 Å². The van der Waals surface area contributed by atoms with Gasteiger partial charge in [0.05, 0.1) is 0 Å². The smallest absolute Gasteiger partial charge is 0.326 e. The number of amides is 2. The van der Waals surface area contributed by atoms with Crippen molar-refractivity contribution >= 4 is 23.3 Å². The van der Waals surface area contributed by atoms with Gasteiger partial charge in [0.1, 0.15) is 6.04 Å². The lowest BCUT2D eigenvalue weighted by atomic mass is 10.2. The summed E-state index contributed by atoms with van der Waals surface area (Å²) in [4.78, 5) is 25.4. The zero-order valence-corrected chi connectivity index (χ0v) is 10.8. The van der Waals surface area contributed by atoms with E-state index in [9.17, 15) is 9.59 Å². The minimum Gasteiger partial charge on any atom is -0.480 e. The standard InChI is InChI=1S/C12H16N2O3S/c15-11(16)10-4-1-7-14(10)12(17)13-6-5-9-3-2-8-18-9/h2-3,8,10H,1,4-7H2,(H,13,17)(H,15,16)/t10-/m1/s1. The lowest BCUT2D eigenvalue weighted by Crippen LogP contribution is -2.46. The van der Waals surface area contributed by atoms with Crippen LogP contribution in [0.5, 0.6) is 0 Å². The van der Waals surface area contributed by atoms with Gasteiger partial charge in [-0.25, -0.2) is 9.59 Å². The van der Waals surface area contributed by atoms with Crippen LogP contribution in [0.1, 0.15) is 17.7 Å². The van der Waals surface area contributed by atoms with Crippen LogP contribution >= 0.6 is 11.3 Å². The topological polar surface area (TPSA) is 69.6 Å². The van der Waals surface area contributed by atoms with Crippen molar-refractivity contribution in [3.8, 4) is 0 Å². The van der Waals surface area contributed by atoms with Crippen molar-refractivity contribution in [3.05, 3.63) is 22.4 Å². The molecule has 0 unspecified atom stereocenters. The van der Waals surface area contributed by atoms with Crippen LogP contribution in [0.15, 0.2) is 17.5 Å². The SMILES string of the molecule is O=C(O)[C@H]1CCCN1C(=O)NCCc1cccs1. The lowest BCUT2D eigenvalue weighted by molar-refractivity contribution is -0.141. The number of thiophene rings is 1. The first-order valence-electron chi connectivity index (χ1n) is 5.98. The molecule has 18 heavy (non-hydrogen) atoms. The monoisotopic (exact) mass is 268 g/mol. The number of nitrogens with one attached hydrogen (secondary N) is 1. The Morgan fingerprint density at radius 2 is 2.39 bits per heavy atom. The molecule has 0 aliphatic carbocycles. The minimum atomic E-state index is -0.916. The Labute approximate surface area is 109 Å². The summed E-state index contributed by atoms with van der Waals surface area (Å²) in [6, 6.07) is 3.07. The summed E-state index contributed by atoms with van der Waals surface area (Å²) in [7, 11) is 0. The number of aliphatic carboxylic acids is 1. The second-order valence-electron chi connectivity index (χ2n) is 4.25. The van der Waals surface area contributed by atoms with Gasteiger partial charge in [0.25, 0.3) is 0 Å². The molecule has 1 aromatic rings. The summed E-state index contributed by atoms with van der Waals surface area (Å²) in [5, 5.41) is 13.8. The molecule has 0 radical (unpaired) electrons. The maximum Gasteiger partial charge on any atom is 0.326 e. The summed E-state index contributed by atoms with van der Waals surface area (Å²) in [6.45, 7) is 1.07. The van der Waals surface area contributed by atoms with E-state index >= 15 is 0 Å². The van der Waals surface area contributed by atoms with Gasteiger partial charge in [-0.15, -0.1) is 11.3 Å². The first kappa shape index (κ1) is 12.9. The zero-order valence-electron chi connectivity index (χ0n) is 9.96. The van der Waals surface area contributed by atoms with Gasteiger partial charge in [-0.1, -0.05) is 6.07 Å². The number of carboxylic acids is 1. The molecule has 6 heteroatoms. The van der Waals surface area contributed by atoms with Crippen molar-refractivity contribution in [2.24, 2.45) is 0 Å². The number of urea groups is 1. The van der Waals surface area contributed by atoms with Gasteiger partial charge in [-0.2, -0.15) is 0 Å². The third kappa shape index (κ3) is 3.01. The molecule has 1 aliphatic heterocycles. The van der Waals surface area contributed by atoms with Gasteiger partial charge >= 0.3 is 12.0 Å². The Bertz CT molecular complexity index is 419. The van der Waals surface area contributed by atoms with Crippen molar-refractivity contribution in [1.29, 1.82) is 0 Å². The molecule has 1 aromatic heterocycles. The molecule has 1 fully saturated rings. The first-order valence-corrected chi connectivity index (χ1v) is 6.86. The van der Waals surface area contributed by atoms with Crippen LogP contribution in [-0.2, 0) is 11.2 Å². The molecule has 2 heterocycles. The maximum absolute atomic E-state index is 11.8. The van der Waals surface area contributed by atoms with E-state index in [1.54, 1.807) is 11.3 Å². The molecular formula is C12H16N2O3S. The fourth-order valence-corrected chi connectivity index (χ4v) is 2.82. The fourth-order valence-electron chi connectivity index (χ4n) is 2.12. The Balaban J connectivity index is 1.79. The molecule has 1 atom stereocenters. The third-order valence-corrected chi connectivity index (χ3v) is 3.96. The van der Waals surface area contributed by atoms with Crippen molar-refractivity contribution in [2.75, 3.05) is 13.1 Å². The molecule has 1 saturated heterocycles. The van der Waals surface area contributed by atoms with Crippen molar-refractivity contribution in [2.45, 2.75) is 25.3 Å². The second kappa shape index (κ2) is 5.86. The average Bonchev–Trinajstić information content (AvgIpc) is 2.99. The van der Waals surface area contributed by atoms with Crippen molar-refractivity contribution < 1.29 is 14.7 Å². The predicted octanol–water partition coefficient (Wildman–Crippen LogP) is 1.55. The molecule has 0 bridgehead atoms. The number of hydrogen-bond donors (Lipinski definition) is 2. The zero-order chi connectivity index (χ0) is 13.0. The lowest BCUT2D eigenvalue weighted by Gasteiger charge is -2.21. The van der Waals surface area contributed by atoms with Gasteiger partial charge in [-0.3, -0.25) is 0 Å². The van der Waals surface area contributed by atoms with E-state index in [-0.39, 0.29) is 6.03 Å². The van der Waals surface area contributed by atoms with Crippen LogP contribution in [0, 0.1) is 0 Å². The largest absolute Gasteiger partial charge is 0.480 e. The van der Waals surface area contributed by atoms with Gasteiger partial charge in [-0.05, 0) is 30.7 Å². The van der Waals surface area contributed by atoms with Crippen LogP contribution < -0.4 is 5.32 Å². The highest BCUT2D eigenvalue weighted by molar-refractivity contribution is 7.09. The minimum absolute atomic E-state index is 0.267. The third-order valence-electron chi connectivity index (χ3n) is 3.03. The highest BCUT2D eigenvalue weighted by atomic mass is 32.1. The van der Waals surface area contributed by atoms with E-state index in [4.69, 9.17) is 5.11 Å². The van der Waals surface area contributed by atoms with E-state index in [2.05, 4.69) is 5.32 Å². The van der Waals surface area contributed by atoms with E-state index < -0.39 is 12.0 Å². The normalized spacial score (nSPS) is 18.9. The molecule has 0 saturated carbocycles. The summed E-state index contributed by atoms with van der Waals surface area (Å²) in [6.07, 6.45) is 2.10. The quantitative estimate of drug-likeness (QED) is 0.870. The van der Waals surface area contributed by atoms with Crippen molar-refractivity contribution in [3.63, 3.8) is 0 Å². The average molecular weight is 268 g/mol. The van der Waals surface area contributed by atoms with Gasteiger partial charge in [0, 0.05) is 18.0 Å². The summed E-state index contributed by atoms with van der Waals surface area (Å²) >= 11 is 1.65. The molecule has 5 nitrogen and oxygen atoms in total. The van der Waals surface area contributed by atoms with Gasteiger partial charge in [0.2, 0.25) is 0 Å².